The molecule has 120 valence electrons. The Morgan fingerprint density at radius 2 is 1.90 bits per heavy atom. The lowest BCUT2D eigenvalue weighted by Crippen LogP contribution is -2.44. The minimum absolute atomic E-state index is 0. The van der Waals surface area contributed by atoms with Crippen molar-refractivity contribution in [2.75, 3.05) is 13.2 Å². The number of aliphatic carboxylic acids is 1. The van der Waals surface area contributed by atoms with Crippen molar-refractivity contribution in [3.8, 4) is 0 Å². The van der Waals surface area contributed by atoms with Gasteiger partial charge in [0.15, 0.2) is 0 Å². The van der Waals surface area contributed by atoms with Crippen molar-refractivity contribution >= 4 is 36.6 Å². The van der Waals surface area contributed by atoms with Crippen LogP contribution in [0.5, 0.6) is 0 Å². The second kappa shape index (κ2) is 10.8. The highest BCUT2D eigenvalue weighted by Crippen LogP contribution is 2.19. The van der Waals surface area contributed by atoms with E-state index in [2.05, 4.69) is 4.99 Å². The van der Waals surface area contributed by atoms with E-state index in [4.69, 9.17) is 16.6 Å². The molecule has 0 bridgehead atoms. The Labute approximate surface area is 129 Å². The number of nitrogens with zero attached hydrogens (tertiary/aromatic N) is 1. The van der Waals surface area contributed by atoms with E-state index in [0.717, 1.165) is 0 Å². The third-order valence-corrected chi connectivity index (χ3v) is 2.45. The van der Waals surface area contributed by atoms with Crippen LogP contribution in [0.2, 0.25) is 0 Å². The fraction of sp³-hybridized carbons (Fsp3) is 0.636. The first-order valence-corrected chi connectivity index (χ1v) is 5.42. The van der Waals surface area contributed by atoms with Crippen molar-refractivity contribution in [1.82, 2.24) is 0 Å². The maximum atomic E-state index is 13.5. The highest BCUT2D eigenvalue weighted by atomic mass is 35.5. The average molecular weight is 336 g/mol. The summed E-state index contributed by atoms with van der Waals surface area (Å²) >= 11 is 0. The summed E-state index contributed by atoms with van der Waals surface area (Å²) in [4.78, 5) is 14.4. The summed E-state index contributed by atoms with van der Waals surface area (Å²) in [5, 5.41) is 8.77. The molecule has 0 spiro atoms. The molecule has 9 heteroatoms. The number of hydrogen-bond donors (Lipinski definition) is 3. The number of nitrogens with two attached hydrogens (primary N) is 2. The first kappa shape index (κ1) is 24.1. The Hall–Kier alpha value is -0.920. The zero-order valence-corrected chi connectivity index (χ0v) is 13.0. The number of halogens is 4. The molecule has 0 fully saturated rings. The van der Waals surface area contributed by atoms with Gasteiger partial charge in [-0.2, -0.15) is 0 Å². The van der Waals surface area contributed by atoms with E-state index in [1.54, 1.807) is 0 Å². The largest absolute Gasteiger partial charge is 0.480 e. The summed E-state index contributed by atoms with van der Waals surface area (Å²) in [7, 11) is 0. The van der Waals surface area contributed by atoms with E-state index in [9.17, 15) is 13.6 Å². The second-order valence-electron chi connectivity index (χ2n) is 4.32. The van der Waals surface area contributed by atoms with Crippen molar-refractivity contribution in [1.29, 1.82) is 0 Å². The molecule has 0 aliphatic rings. The topological polar surface area (TPSA) is 102 Å². The molecule has 5 nitrogen and oxygen atoms in total. The molecular weight excluding hydrogens is 315 g/mol. The molecule has 0 amide bonds. The van der Waals surface area contributed by atoms with Crippen LogP contribution in [-0.4, -0.2) is 35.7 Å². The number of aliphatic imine (C=N–C) groups is 1. The third-order valence-electron chi connectivity index (χ3n) is 2.45. The number of allylic oxidation sites excluding steroid dienone is 1. The number of carboxylic acids is 1. The molecule has 0 aromatic heterocycles. The highest BCUT2D eigenvalue weighted by Gasteiger charge is 2.28. The molecule has 0 saturated carbocycles. The van der Waals surface area contributed by atoms with E-state index in [1.165, 1.54) is 13.8 Å². The lowest BCUT2D eigenvalue weighted by molar-refractivity contribution is -0.142. The van der Waals surface area contributed by atoms with Gasteiger partial charge >= 0.3 is 5.97 Å². The average Bonchev–Trinajstić information content (AvgIpc) is 2.26. The van der Waals surface area contributed by atoms with Crippen LogP contribution in [-0.2, 0) is 4.79 Å². The summed E-state index contributed by atoms with van der Waals surface area (Å²) in [5.41, 5.74) is 9.07. The molecule has 0 heterocycles. The van der Waals surface area contributed by atoms with Gasteiger partial charge in [0.05, 0.1) is 12.4 Å². The van der Waals surface area contributed by atoms with Crippen molar-refractivity contribution < 1.29 is 18.7 Å². The molecular formula is C11H21Cl2F2N3O2. The monoisotopic (exact) mass is 335 g/mol. The first-order valence-electron chi connectivity index (χ1n) is 5.42. The summed E-state index contributed by atoms with van der Waals surface area (Å²) in [6.45, 7) is 1.45. The van der Waals surface area contributed by atoms with Crippen LogP contribution >= 0.6 is 24.8 Å². The minimum atomic E-state index is -1.51. The lowest BCUT2D eigenvalue weighted by Gasteiger charge is -2.19. The number of alkyl halides is 1. The van der Waals surface area contributed by atoms with Crippen molar-refractivity contribution in [3.05, 3.63) is 11.4 Å². The van der Waals surface area contributed by atoms with Crippen LogP contribution in [0.25, 0.3) is 0 Å². The Kier molecular flexibility index (Phi) is 13.0. The van der Waals surface area contributed by atoms with Crippen molar-refractivity contribution in [2.24, 2.45) is 16.5 Å². The zero-order chi connectivity index (χ0) is 14.3. The van der Waals surface area contributed by atoms with E-state index in [-0.39, 0.29) is 55.6 Å². The van der Waals surface area contributed by atoms with E-state index >= 15 is 0 Å². The van der Waals surface area contributed by atoms with Gasteiger partial charge in [-0.1, -0.05) is 0 Å². The van der Waals surface area contributed by atoms with Crippen LogP contribution in [0, 0.1) is 0 Å². The lowest BCUT2D eigenvalue weighted by atomic mass is 9.94. The quantitative estimate of drug-likeness (QED) is 0.489. The van der Waals surface area contributed by atoms with Gasteiger partial charge in [0.2, 0.25) is 0 Å². The van der Waals surface area contributed by atoms with Crippen LogP contribution in [0.15, 0.2) is 16.4 Å². The molecule has 0 aliphatic carbocycles. The van der Waals surface area contributed by atoms with Gasteiger partial charge in [-0.25, -0.2) is 8.78 Å². The summed E-state index contributed by atoms with van der Waals surface area (Å²) in [6.07, 6.45) is -0.124. The fourth-order valence-electron chi connectivity index (χ4n) is 1.10. The Balaban J connectivity index is -0.00000144. The Morgan fingerprint density at radius 3 is 2.25 bits per heavy atom. The SMILES string of the molecule is CC(N)=NC/C(F)=C(/CF)CC[C@@](C)(N)C(=O)O.Cl.Cl. The van der Waals surface area contributed by atoms with E-state index in [1.807, 2.05) is 0 Å². The molecule has 0 saturated heterocycles. The minimum Gasteiger partial charge on any atom is -0.480 e. The van der Waals surface area contributed by atoms with Gasteiger partial charge in [0, 0.05) is 0 Å². The van der Waals surface area contributed by atoms with Gasteiger partial charge in [-0.05, 0) is 32.3 Å². The fourth-order valence-corrected chi connectivity index (χ4v) is 1.10. The first-order chi connectivity index (χ1) is 8.20. The van der Waals surface area contributed by atoms with Gasteiger partial charge in [-0.15, -0.1) is 24.8 Å². The van der Waals surface area contributed by atoms with E-state index < -0.39 is 24.0 Å². The Morgan fingerprint density at radius 1 is 1.40 bits per heavy atom. The molecule has 0 unspecified atom stereocenters. The van der Waals surface area contributed by atoms with Crippen molar-refractivity contribution in [2.45, 2.75) is 32.2 Å². The van der Waals surface area contributed by atoms with Crippen LogP contribution in [0.3, 0.4) is 0 Å². The highest BCUT2D eigenvalue weighted by molar-refractivity contribution is 5.85. The summed E-state index contributed by atoms with van der Waals surface area (Å²) < 4.78 is 26.1. The van der Waals surface area contributed by atoms with E-state index in [0.29, 0.717) is 0 Å². The third kappa shape index (κ3) is 9.06. The molecule has 5 N–H and O–H groups in total. The van der Waals surface area contributed by atoms with Gasteiger partial charge in [0.25, 0.3) is 0 Å². The normalized spacial score (nSPS) is 15.3. The van der Waals surface area contributed by atoms with Crippen LogP contribution in [0.1, 0.15) is 26.7 Å². The predicted octanol–water partition coefficient (Wildman–Crippen LogP) is 1.98. The molecule has 0 aromatic rings. The van der Waals surface area contributed by atoms with Crippen LogP contribution < -0.4 is 11.5 Å². The number of carbonyl (C=O) groups is 1. The number of carboxylic acid groups (broad SMARTS) is 1. The molecule has 0 aliphatic heterocycles. The molecule has 1 atom stereocenters. The van der Waals surface area contributed by atoms with Gasteiger partial charge in [0.1, 0.15) is 18.0 Å². The second-order valence-corrected chi connectivity index (χ2v) is 4.32. The molecule has 0 rings (SSSR count). The molecule has 0 aromatic carbocycles. The number of rotatable bonds is 7. The molecule has 20 heavy (non-hydrogen) atoms. The summed E-state index contributed by atoms with van der Waals surface area (Å²) in [6, 6.07) is 0. The maximum Gasteiger partial charge on any atom is 0.323 e. The smallest absolute Gasteiger partial charge is 0.323 e. The van der Waals surface area contributed by atoms with Gasteiger partial charge in [-0.3, -0.25) is 9.79 Å². The number of amidine groups is 1. The summed E-state index contributed by atoms with van der Waals surface area (Å²) in [5.74, 6) is -1.75. The molecule has 0 radical (unpaired) electrons. The van der Waals surface area contributed by atoms with Crippen LogP contribution in [0.4, 0.5) is 8.78 Å². The maximum absolute atomic E-state index is 13.5. The van der Waals surface area contributed by atoms with Crippen molar-refractivity contribution in [3.63, 3.8) is 0 Å². The zero-order valence-electron chi connectivity index (χ0n) is 11.4. The number of hydrogen-bond acceptors (Lipinski definition) is 3. The Bertz CT molecular complexity index is 371. The standard InChI is InChI=1S/C11H19F2N3O2.2ClH/c1-7(14)16-6-9(13)8(5-12)3-4-11(2,15)10(17)18;;/h3-6,15H2,1-2H3,(H2,14,16)(H,17,18);2*1H/b9-8-;;/t11-;;/m1../s1. The van der Waals surface area contributed by atoms with Gasteiger partial charge < -0.3 is 16.6 Å². The predicted molar refractivity (Wildman–Crippen MR) is 80.2 cm³/mol.